The van der Waals surface area contributed by atoms with Gasteiger partial charge in [0.1, 0.15) is 5.75 Å². The first-order valence-electron chi connectivity index (χ1n) is 11.4. The van der Waals surface area contributed by atoms with Gasteiger partial charge in [0.15, 0.2) is 0 Å². The fraction of sp³-hybridized carbons (Fsp3) is 0.310. The fourth-order valence-electron chi connectivity index (χ4n) is 4.75. The molecule has 0 saturated carbocycles. The summed E-state index contributed by atoms with van der Waals surface area (Å²) < 4.78 is 5.49. The smallest absolute Gasteiger partial charge is 0.119 e. The number of rotatable bonds is 8. The molecule has 0 amide bonds. The Kier molecular flexibility index (Phi) is 7.22. The van der Waals surface area contributed by atoms with Crippen LogP contribution in [0.4, 0.5) is 0 Å². The summed E-state index contributed by atoms with van der Waals surface area (Å²) in [6.45, 7) is 0.999. The molecule has 31 heavy (non-hydrogen) atoms. The number of hydrogen-bond acceptors (Lipinski definition) is 2. The van der Waals surface area contributed by atoms with Crippen LogP contribution in [0.15, 0.2) is 90.5 Å². The number of methoxy groups -OCH3 is 1. The second-order valence-corrected chi connectivity index (χ2v) is 8.55. The average molecular weight is 412 g/mol. The second kappa shape index (κ2) is 10.5. The van der Waals surface area contributed by atoms with Crippen molar-refractivity contribution in [1.82, 2.24) is 4.90 Å². The molecule has 1 aliphatic carbocycles. The maximum atomic E-state index is 5.49. The highest BCUT2D eigenvalue weighted by Crippen LogP contribution is 2.35. The molecule has 1 aliphatic rings. The van der Waals surface area contributed by atoms with Crippen LogP contribution in [0.2, 0.25) is 0 Å². The van der Waals surface area contributed by atoms with Gasteiger partial charge in [-0.2, -0.15) is 0 Å². The van der Waals surface area contributed by atoms with E-state index < -0.39 is 0 Å². The lowest BCUT2D eigenvalue weighted by Gasteiger charge is -2.32. The zero-order valence-corrected chi connectivity index (χ0v) is 18.8. The summed E-state index contributed by atoms with van der Waals surface area (Å²) >= 11 is 0. The van der Waals surface area contributed by atoms with Crippen molar-refractivity contribution in [3.05, 3.63) is 107 Å². The monoisotopic (exact) mass is 411 g/mol. The molecule has 0 N–H and O–H groups in total. The largest absolute Gasteiger partial charge is 0.497 e. The first-order chi connectivity index (χ1) is 15.2. The number of likely N-dealkylation sites (N-methyl/N-ethyl adjacent to an activating group) is 1. The predicted octanol–water partition coefficient (Wildman–Crippen LogP) is 6.94. The SMILES string of the molecule is COc1cccc(C2=C(CN(C)C(Cc3ccccc3)c3ccccc3)CCCC2)c1. The molecule has 0 bridgehead atoms. The molecule has 0 fully saturated rings. The first-order valence-corrected chi connectivity index (χ1v) is 11.4. The Bertz CT molecular complexity index is 994. The van der Waals surface area contributed by atoms with Crippen LogP contribution >= 0.6 is 0 Å². The Morgan fingerprint density at radius 2 is 1.55 bits per heavy atom. The number of nitrogens with zero attached hydrogens (tertiary/aromatic N) is 1. The summed E-state index contributed by atoms with van der Waals surface area (Å²) in [5.41, 5.74) is 7.18. The third-order valence-electron chi connectivity index (χ3n) is 6.43. The van der Waals surface area contributed by atoms with Crippen LogP contribution < -0.4 is 4.74 Å². The maximum absolute atomic E-state index is 5.49. The summed E-state index contributed by atoms with van der Waals surface area (Å²) in [4.78, 5) is 2.54. The average Bonchev–Trinajstić information content (AvgIpc) is 2.84. The van der Waals surface area contributed by atoms with Crippen LogP contribution in [-0.4, -0.2) is 25.6 Å². The lowest BCUT2D eigenvalue weighted by molar-refractivity contribution is 0.260. The van der Waals surface area contributed by atoms with Gasteiger partial charge >= 0.3 is 0 Å². The van der Waals surface area contributed by atoms with Gasteiger partial charge in [-0.05, 0) is 73.5 Å². The van der Waals surface area contributed by atoms with Gasteiger partial charge in [-0.25, -0.2) is 0 Å². The molecule has 3 aromatic rings. The summed E-state index contributed by atoms with van der Waals surface area (Å²) in [6, 6.07) is 30.7. The zero-order chi connectivity index (χ0) is 21.5. The van der Waals surface area contributed by atoms with E-state index in [9.17, 15) is 0 Å². The van der Waals surface area contributed by atoms with Gasteiger partial charge in [0.05, 0.1) is 7.11 Å². The third kappa shape index (κ3) is 5.45. The van der Waals surface area contributed by atoms with Gasteiger partial charge in [0.2, 0.25) is 0 Å². The van der Waals surface area contributed by atoms with E-state index in [0.29, 0.717) is 6.04 Å². The molecule has 3 aromatic carbocycles. The van der Waals surface area contributed by atoms with Crippen LogP contribution in [0.25, 0.3) is 5.57 Å². The maximum Gasteiger partial charge on any atom is 0.119 e. The highest BCUT2D eigenvalue weighted by Gasteiger charge is 2.22. The van der Waals surface area contributed by atoms with Crippen LogP contribution in [0.3, 0.4) is 0 Å². The summed E-state index contributed by atoms with van der Waals surface area (Å²) in [5, 5.41) is 0. The Hall–Kier alpha value is -2.84. The lowest BCUT2D eigenvalue weighted by Crippen LogP contribution is -2.29. The topological polar surface area (TPSA) is 12.5 Å². The highest BCUT2D eigenvalue weighted by molar-refractivity contribution is 5.70. The molecule has 0 aliphatic heterocycles. The van der Waals surface area contributed by atoms with E-state index in [1.54, 1.807) is 12.7 Å². The van der Waals surface area contributed by atoms with Crippen molar-refractivity contribution in [2.45, 2.75) is 38.1 Å². The molecule has 4 rings (SSSR count). The molecule has 1 unspecified atom stereocenters. The lowest BCUT2D eigenvalue weighted by atomic mass is 9.86. The molecular formula is C29H33NO. The minimum absolute atomic E-state index is 0.351. The van der Waals surface area contributed by atoms with E-state index in [-0.39, 0.29) is 0 Å². The van der Waals surface area contributed by atoms with Crippen molar-refractivity contribution in [1.29, 1.82) is 0 Å². The minimum Gasteiger partial charge on any atom is -0.497 e. The zero-order valence-electron chi connectivity index (χ0n) is 18.8. The van der Waals surface area contributed by atoms with Crippen LogP contribution in [-0.2, 0) is 6.42 Å². The van der Waals surface area contributed by atoms with Gasteiger partial charge < -0.3 is 4.74 Å². The third-order valence-corrected chi connectivity index (χ3v) is 6.43. The van der Waals surface area contributed by atoms with Crippen LogP contribution in [0.5, 0.6) is 5.75 Å². The summed E-state index contributed by atoms with van der Waals surface area (Å²) in [5.74, 6) is 0.939. The van der Waals surface area contributed by atoms with E-state index in [0.717, 1.165) is 25.1 Å². The molecular weight excluding hydrogens is 378 g/mol. The fourth-order valence-corrected chi connectivity index (χ4v) is 4.75. The highest BCUT2D eigenvalue weighted by atomic mass is 16.5. The normalized spacial score (nSPS) is 15.2. The molecule has 0 aromatic heterocycles. The Morgan fingerprint density at radius 3 is 2.29 bits per heavy atom. The van der Waals surface area contributed by atoms with E-state index in [4.69, 9.17) is 4.74 Å². The molecule has 0 saturated heterocycles. The van der Waals surface area contributed by atoms with E-state index in [1.165, 1.54) is 41.5 Å². The molecule has 0 spiro atoms. The molecule has 1 atom stereocenters. The number of allylic oxidation sites excluding steroid dienone is 1. The Labute approximate surface area is 187 Å². The molecule has 160 valence electrons. The van der Waals surface area contributed by atoms with Gasteiger partial charge in [-0.15, -0.1) is 0 Å². The molecule has 0 heterocycles. The van der Waals surface area contributed by atoms with Gasteiger partial charge in [-0.3, -0.25) is 4.90 Å². The minimum atomic E-state index is 0.351. The van der Waals surface area contributed by atoms with Crippen molar-refractivity contribution < 1.29 is 4.74 Å². The molecule has 0 radical (unpaired) electrons. The van der Waals surface area contributed by atoms with E-state index in [2.05, 4.69) is 90.8 Å². The van der Waals surface area contributed by atoms with Crippen molar-refractivity contribution in [3.8, 4) is 5.75 Å². The predicted molar refractivity (Wildman–Crippen MR) is 130 cm³/mol. The quantitative estimate of drug-likeness (QED) is 0.398. The summed E-state index contributed by atoms with van der Waals surface area (Å²) in [7, 11) is 4.03. The van der Waals surface area contributed by atoms with Crippen LogP contribution in [0, 0.1) is 0 Å². The van der Waals surface area contributed by atoms with Crippen molar-refractivity contribution in [3.63, 3.8) is 0 Å². The Balaban J connectivity index is 1.62. The molecule has 2 nitrogen and oxygen atoms in total. The van der Waals surface area contributed by atoms with E-state index >= 15 is 0 Å². The van der Waals surface area contributed by atoms with E-state index in [1.807, 2.05) is 6.07 Å². The van der Waals surface area contributed by atoms with Gasteiger partial charge in [0.25, 0.3) is 0 Å². The number of benzene rings is 3. The first kappa shape index (κ1) is 21.4. The van der Waals surface area contributed by atoms with Crippen molar-refractivity contribution in [2.75, 3.05) is 20.7 Å². The molecule has 2 heteroatoms. The van der Waals surface area contributed by atoms with Crippen molar-refractivity contribution in [2.24, 2.45) is 0 Å². The standard InChI is InChI=1S/C29H33NO/c1-30(29(24-14-7-4-8-15-24)20-23-12-5-3-6-13-23)22-26-16-9-10-19-28(26)25-17-11-18-27(21-25)31-2/h3-8,11-15,17-18,21,29H,9-10,16,19-20,22H2,1-2H3. The number of hydrogen-bond donors (Lipinski definition) is 0. The van der Waals surface area contributed by atoms with Gasteiger partial charge in [-0.1, -0.05) is 78.4 Å². The number of ether oxygens (including phenoxy) is 1. The van der Waals surface area contributed by atoms with Gasteiger partial charge in [0, 0.05) is 12.6 Å². The second-order valence-electron chi connectivity index (χ2n) is 8.55. The summed E-state index contributed by atoms with van der Waals surface area (Å²) in [6.07, 6.45) is 5.91. The Morgan fingerprint density at radius 1 is 0.839 bits per heavy atom. The van der Waals surface area contributed by atoms with Crippen LogP contribution in [0.1, 0.15) is 48.4 Å². The van der Waals surface area contributed by atoms with Crippen molar-refractivity contribution >= 4 is 5.57 Å².